The van der Waals surface area contributed by atoms with E-state index >= 15 is 0 Å². The van der Waals surface area contributed by atoms with Gasteiger partial charge in [0.1, 0.15) is 18.4 Å². The van der Waals surface area contributed by atoms with E-state index in [9.17, 15) is 0 Å². The Bertz CT molecular complexity index is 754. The van der Waals surface area contributed by atoms with Crippen LogP contribution in [-0.4, -0.2) is 20.0 Å². The molecule has 1 aliphatic rings. The number of hydrogen-bond acceptors (Lipinski definition) is 6. The Kier molecular flexibility index (Phi) is 5.28. The molecule has 0 saturated heterocycles. The predicted molar refractivity (Wildman–Crippen MR) is 93.0 cm³/mol. The highest BCUT2D eigenvalue weighted by Crippen LogP contribution is 2.27. The van der Waals surface area contributed by atoms with Crippen LogP contribution in [0.4, 0.5) is 0 Å². The summed E-state index contributed by atoms with van der Waals surface area (Å²) in [4.78, 5) is 11.6. The molecule has 0 amide bonds. The van der Waals surface area contributed by atoms with Gasteiger partial charge >= 0.3 is 6.01 Å². The fraction of sp³-hybridized carbons (Fsp3) is 0.0625. The lowest BCUT2D eigenvalue weighted by Crippen LogP contribution is -1.92. The van der Waals surface area contributed by atoms with Gasteiger partial charge in [-0.3, -0.25) is 0 Å². The summed E-state index contributed by atoms with van der Waals surface area (Å²) in [5, 5.41) is 7.62. The highest BCUT2D eigenvalue weighted by atomic mass is 32.2. The van der Waals surface area contributed by atoms with Crippen LogP contribution in [0.3, 0.4) is 0 Å². The van der Waals surface area contributed by atoms with E-state index in [1.807, 2.05) is 66.0 Å². The third-order valence-electron chi connectivity index (χ3n) is 2.80. The fourth-order valence-corrected chi connectivity index (χ4v) is 3.43. The SMILES string of the molecule is C1=CSCS1.c1ccc2c(Oc3ncncn3)cccc2c1. The molecule has 6 heteroatoms. The van der Waals surface area contributed by atoms with Crippen LogP contribution in [0.15, 0.2) is 65.9 Å². The van der Waals surface area contributed by atoms with Gasteiger partial charge in [0, 0.05) is 10.5 Å². The van der Waals surface area contributed by atoms with Gasteiger partial charge in [-0.15, -0.1) is 23.5 Å². The highest BCUT2D eigenvalue weighted by molar-refractivity contribution is 8.21. The van der Waals surface area contributed by atoms with Crippen molar-refractivity contribution in [1.29, 1.82) is 0 Å². The van der Waals surface area contributed by atoms with Crippen molar-refractivity contribution in [1.82, 2.24) is 15.0 Å². The first-order valence-corrected chi connectivity index (χ1v) is 8.69. The summed E-state index contributed by atoms with van der Waals surface area (Å²) in [7, 11) is 0. The van der Waals surface area contributed by atoms with E-state index in [-0.39, 0.29) is 0 Å². The first kappa shape index (κ1) is 14.9. The average Bonchev–Trinajstić information content (AvgIpc) is 3.16. The van der Waals surface area contributed by atoms with Crippen molar-refractivity contribution in [3.63, 3.8) is 0 Å². The third-order valence-corrected chi connectivity index (χ3v) is 4.72. The Morgan fingerprint density at radius 1 is 0.864 bits per heavy atom. The van der Waals surface area contributed by atoms with Crippen LogP contribution < -0.4 is 4.74 Å². The van der Waals surface area contributed by atoms with E-state index in [4.69, 9.17) is 4.74 Å². The second kappa shape index (κ2) is 7.82. The monoisotopic (exact) mass is 327 g/mol. The first-order valence-electron chi connectivity index (χ1n) is 6.59. The molecule has 0 spiro atoms. The zero-order valence-corrected chi connectivity index (χ0v) is 13.3. The molecule has 0 unspecified atom stereocenters. The van der Waals surface area contributed by atoms with E-state index in [1.54, 1.807) is 0 Å². The number of thioether (sulfide) groups is 2. The maximum Gasteiger partial charge on any atom is 0.324 e. The molecule has 2 heterocycles. The van der Waals surface area contributed by atoms with E-state index in [0.717, 1.165) is 16.5 Å². The van der Waals surface area contributed by atoms with Gasteiger partial charge in [0.2, 0.25) is 0 Å². The Hall–Kier alpha value is -2.05. The van der Waals surface area contributed by atoms with Crippen molar-refractivity contribution < 1.29 is 4.74 Å². The molecule has 0 aliphatic carbocycles. The summed E-state index contributed by atoms with van der Waals surface area (Å²) in [6.07, 6.45) is 2.82. The number of ether oxygens (including phenoxy) is 1. The summed E-state index contributed by atoms with van der Waals surface area (Å²) in [5.41, 5.74) is 0. The van der Waals surface area contributed by atoms with Gasteiger partial charge in [-0.2, -0.15) is 9.97 Å². The zero-order valence-electron chi connectivity index (χ0n) is 11.6. The van der Waals surface area contributed by atoms with Crippen LogP contribution in [0.5, 0.6) is 11.8 Å². The second-order valence-electron chi connectivity index (χ2n) is 4.22. The van der Waals surface area contributed by atoms with E-state index < -0.39 is 0 Å². The number of hydrogen-bond donors (Lipinski definition) is 0. The molecule has 0 saturated carbocycles. The van der Waals surface area contributed by atoms with Crippen molar-refractivity contribution in [2.75, 3.05) is 5.08 Å². The molecule has 110 valence electrons. The molecule has 4 rings (SSSR count). The number of fused-ring (bicyclic) bond motifs is 1. The Balaban J connectivity index is 0.000000246. The van der Waals surface area contributed by atoms with Crippen LogP contribution in [0.25, 0.3) is 10.8 Å². The lowest BCUT2D eigenvalue weighted by molar-refractivity contribution is 0.444. The van der Waals surface area contributed by atoms with Gasteiger partial charge in [-0.25, -0.2) is 4.98 Å². The van der Waals surface area contributed by atoms with Gasteiger partial charge in [-0.05, 0) is 22.3 Å². The molecule has 22 heavy (non-hydrogen) atoms. The Labute approximate surface area is 137 Å². The van der Waals surface area contributed by atoms with Gasteiger partial charge < -0.3 is 4.74 Å². The van der Waals surface area contributed by atoms with Crippen molar-refractivity contribution in [2.24, 2.45) is 0 Å². The summed E-state index contributed by atoms with van der Waals surface area (Å²) in [6, 6.07) is 14.2. The van der Waals surface area contributed by atoms with Gasteiger partial charge in [0.15, 0.2) is 0 Å². The van der Waals surface area contributed by atoms with Crippen LogP contribution in [0.2, 0.25) is 0 Å². The first-order chi connectivity index (χ1) is 10.9. The molecule has 2 aromatic carbocycles. The zero-order chi connectivity index (χ0) is 15.0. The molecule has 1 aromatic heterocycles. The fourth-order valence-electron chi connectivity index (χ4n) is 1.86. The van der Waals surface area contributed by atoms with Crippen LogP contribution in [0.1, 0.15) is 0 Å². The molecule has 0 N–H and O–H groups in total. The molecule has 0 radical (unpaired) electrons. The Morgan fingerprint density at radius 2 is 1.59 bits per heavy atom. The maximum absolute atomic E-state index is 5.63. The summed E-state index contributed by atoms with van der Waals surface area (Å²) in [5.74, 6) is 0.745. The quantitative estimate of drug-likeness (QED) is 0.679. The topological polar surface area (TPSA) is 47.9 Å². The summed E-state index contributed by atoms with van der Waals surface area (Å²) >= 11 is 3.71. The minimum Gasteiger partial charge on any atom is -0.424 e. The molecule has 3 aromatic rings. The molecule has 0 fully saturated rings. The van der Waals surface area contributed by atoms with Crippen LogP contribution in [0, 0.1) is 0 Å². The number of nitrogens with zero attached hydrogens (tertiary/aromatic N) is 3. The normalized spacial score (nSPS) is 12.7. The van der Waals surface area contributed by atoms with Crippen molar-refractivity contribution in [3.05, 3.63) is 65.9 Å². The summed E-state index contributed by atoms with van der Waals surface area (Å²) in [6.45, 7) is 0. The van der Waals surface area contributed by atoms with Gasteiger partial charge in [0.05, 0.1) is 0 Å². The van der Waals surface area contributed by atoms with Crippen molar-refractivity contribution in [3.8, 4) is 11.8 Å². The number of rotatable bonds is 2. The summed E-state index contributed by atoms with van der Waals surface area (Å²) < 4.78 is 5.63. The standard InChI is InChI=1S/C13H9N3O.C3H4S2/c1-2-6-11-10(4-1)5-3-7-12(11)17-13-15-8-14-9-16-13;1-2-5-3-4-1/h1-9H;1-2H,3H2. The molecule has 0 atom stereocenters. The van der Waals surface area contributed by atoms with Crippen LogP contribution >= 0.6 is 23.5 Å². The van der Waals surface area contributed by atoms with E-state index in [2.05, 4.69) is 25.8 Å². The van der Waals surface area contributed by atoms with Crippen molar-refractivity contribution >= 4 is 34.3 Å². The highest BCUT2D eigenvalue weighted by Gasteiger charge is 2.03. The second-order valence-corrected chi connectivity index (χ2v) is 6.38. The van der Waals surface area contributed by atoms with Gasteiger partial charge in [-0.1, -0.05) is 36.4 Å². The van der Waals surface area contributed by atoms with E-state index in [1.165, 1.54) is 17.7 Å². The lowest BCUT2D eigenvalue weighted by Gasteiger charge is -2.06. The number of aromatic nitrogens is 3. The number of benzene rings is 2. The molecular formula is C16H13N3OS2. The lowest BCUT2D eigenvalue weighted by atomic mass is 10.1. The predicted octanol–water partition coefficient (Wildman–Crippen LogP) is 4.71. The maximum atomic E-state index is 5.63. The smallest absolute Gasteiger partial charge is 0.324 e. The third kappa shape index (κ3) is 3.99. The molecule has 1 aliphatic heterocycles. The van der Waals surface area contributed by atoms with Gasteiger partial charge in [0.25, 0.3) is 0 Å². The Morgan fingerprint density at radius 3 is 2.32 bits per heavy atom. The largest absolute Gasteiger partial charge is 0.424 e. The molecule has 4 nitrogen and oxygen atoms in total. The minimum absolute atomic E-state index is 0.302. The van der Waals surface area contributed by atoms with Crippen LogP contribution in [-0.2, 0) is 0 Å². The van der Waals surface area contributed by atoms with Crippen molar-refractivity contribution in [2.45, 2.75) is 0 Å². The minimum atomic E-state index is 0.302. The molecule has 0 bridgehead atoms. The average molecular weight is 327 g/mol. The molecular weight excluding hydrogens is 314 g/mol. The van der Waals surface area contributed by atoms with E-state index in [0.29, 0.717) is 6.01 Å².